The molecule has 0 spiro atoms. The summed E-state index contributed by atoms with van der Waals surface area (Å²) in [7, 11) is 1.62. The van der Waals surface area contributed by atoms with Crippen LogP contribution >= 0.6 is 0 Å². The topological polar surface area (TPSA) is 68.1 Å². The first kappa shape index (κ1) is 17.2. The smallest absolute Gasteiger partial charge is 0.168 e. The van der Waals surface area contributed by atoms with E-state index in [1.165, 1.54) is 6.21 Å². The maximum Gasteiger partial charge on any atom is 0.168 e. The van der Waals surface area contributed by atoms with Crippen molar-refractivity contribution in [2.45, 2.75) is 26.7 Å². The minimum absolute atomic E-state index is 0.0676. The molecule has 1 aromatic carbocycles. The highest BCUT2D eigenvalue weighted by Gasteiger charge is 2.32. The Morgan fingerprint density at radius 2 is 1.91 bits per heavy atom. The van der Waals surface area contributed by atoms with Crippen LogP contribution in [-0.4, -0.2) is 37.4 Å². The number of allylic oxidation sites excluding steroid dienone is 2. The van der Waals surface area contributed by atoms with Gasteiger partial charge in [0.1, 0.15) is 18.1 Å². The first-order valence-corrected chi connectivity index (χ1v) is 7.62. The Kier molecular flexibility index (Phi) is 5.55. The van der Waals surface area contributed by atoms with E-state index in [9.17, 15) is 9.90 Å². The van der Waals surface area contributed by atoms with Crippen LogP contribution in [0.2, 0.25) is 0 Å². The molecule has 5 heteroatoms. The quantitative estimate of drug-likeness (QED) is 0.643. The fourth-order valence-electron chi connectivity index (χ4n) is 2.46. The van der Waals surface area contributed by atoms with Gasteiger partial charge in [-0.3, -0.25) is 9.79 Å². The summed E-state index contributed by atoms with van der Waals surface area (Å²) in [5.74, 6) is 0.787. The largest absolute Gasteiger partial charge is 0.511 e. The second kappa shape index (κ2) is 7.42. The molecule has 1 aliphatic rings. The van der Waals surface area contributed by atoms with Gasteiger partial charge >= 0.3 is 0 Å². The lowest BCUT2D eigenvalue weighted by atomic mass is 9.77. The summed E-state index contributed by atoms with van der Waals surface area (Å²) in [5, 5.41) is 10.1. The Morgan fingerprint density at radius 3 is 2.52 bits per heavy atom. The van der Waals surface area contributed by atoms with Crippen molar-refractivity contribution >= 4 is 17.7 Å². The van der Waals surface area contributed by atoms with Gasteiger partial charge in [-0.25, -0.2) is 0 Å². The van der Waals surface area contributed by atoms with Gasteiger partial charge in [-0.15, -0.1) is 0 Å². The molecule has 0 heterocycles. The molecule has 0 saturated heterocycles. The number of hydrogen-bond acceptors (Lipinski definition) is 5. The molecule has 0 radical (unpaired) electrons. The summed E-state index contributed by atoms with van der Waals surface area (Å²) >= 11 is 0. The predicted octanol–water partition coefficient (Wildman–Crippen LogP) is 3.62. The van der Waals surface area contributed by atoms with Crippen LogP contribution in [0.5, 0.6) is 5.75 Å². The van der Waals surface area contributed by atoms with E-state index in [0.29, 0.717) is 37.3 Å². The highest BCUT2D eigenvalue weighted by atomic mass is 16.5. The second-order valence-electron chi connectivity index (χ2n) is 6.39. The van der Waals surface area contributed by atoms with Crippen LogP contribution in [0.1, 0.15) is 26.7 Å². The molecule has 23 heavy (non-hydrogen) atoms. The van der Waals surface area contributed by atoms with Gasteiger partial charge in [0.05, 0.1) is 17.9 Å². The molecule has 0 aliphatic heterocycles. The third-order valence-corrected chi connectivity index (χ3v) is 3.63. The minimum Gasteiger partial charge on any atom is -0.511 e. The zero-order chi connectivity index (χ0) is 16.9. The van der Waals surface area contributed by atoms with E-state index in [4.69, 9.17) is 9.47 Å². The minimum atomic E-state index is -0.195. The number of aliphatic hydroxyl groups excluding tert-OH is 1. The number of aliphatic imine (C=N–C) groups is 1. The van der Waals surface area contributed by atoms with E-state index in [-0.39, 0.29) is 17.0 Å². The van der Waals surface area contributed by atoms with Gasteiger partial charge in [0.2, 0.25) is 0 Å². The van der Waals surface area contributed by atoms with Crippen molar-refractivity contribution in [1.82, 2.24) is 0 Å². The maximum absolute atomic E-state index is 12.1. The van der Waals surface area contributed by atoms with Gasteiger partial charge in [0.25, 0.3) is 0 Å². The molecule has 0 fully saturated rings. The number of methoxy groups -OCH3 is 1. The third kappa shape index (κ3) is 4.93. The van der Waals surface area contributed by atoms with Crippen LogP contribution < -0.4 is 4.74 Å². The number of carbonyl (C=O) groups is 1. The zero-order valence-electron chi connectivity index (χ0n) is 13.8. The molecule has 0 saturated carbocycles. The van der Waals surface area contributed by atoms with Crippen molar-refractivity contribution in [2.75, 3.05) is 20.3 Å². The molecule has 5 nitrogen and oxygen atoms in total. The molecule has 0 aromatic heterocycles. The number of Topliss-reactive ketones (excluding diaryl/α,β-unsaturated/α-hetero) is 1. The second-order valence-corrected chi connectivity index (χ2v) is 6.39. The molecular formula is C18H23NO4. The van der Waals surface area contributed by atoms with Gasteiger partial charge in [-0.05, 0) is 29.7 Å². The zero-order valence-corrected chi connectivity index (χ0v) is 13.8. The van der Waals surface area contributed by atoms with Crippen LogP contribution in [-0.2, 0) is 9.53 Å². The van der Waals surface area contributed by atoms with Crippen molar-refractivity contribution in [3.05, 3.63) is 35.6 Å². The van der Waals surface area contributed by atoms with Crippen molar-refractivity contribution in [2.24, 2.45) is 10.4 Å². The Hall–Kier alpha value is -2.14. The van der Waals surface area contributed by atoms with Gasteiger partial charge in [0, 0.05) is 26.2 Å². The van der Waals surface area contributed by atoms with Crippen LogP contribution in [0.15, 0.2) is 40.6 Å². The first-order chi connectivity index (χ1) is 10.9. The third-order valence-electron chi connectivity index (χ3n) is 3.63. The highest BCUT2D eigenvalue weighted by Crippen LogP contribution is 2.35. The predicted molar refractivity (Wildman–Crippen MR) is 89.6 cm³/mol. The number of rotatable bonds is 6. The van der Waals surface area contributed by atoms with E-state index >= 15 is 0 Å². The maximum atomic E-state index is 12.1. The van der Waals surface area contributed by atoms with Crippen molar-refractivity contribution in [1.29, 1.82) is 0 Å². The van der Waals surface area contributed by atoms with Crippen molar-refractivity contribution in [3.63, 3.8) is 0 Å². The van der Waals surface area contributed by atoms with Gasteiger partial charge in [-0.1, -0.05) is 13.8 Å². The molecule has 0 unspecified atom stereocenters. The van der Waals surface area contributed by atoms with Gasteiger partial charge in [0.15, 0.2) is 5.78 Å². The summed E-state index contributed by atoms with van der Waals surface area (Å²) < 4.78 is 10.4. The fraction of sp³-hybridized carbons (Fsp3) is 0.444. The van der Waals surface area contributed by atoms with Crippen LogP contribution in [0.3, 0.4) is 0 Å². The molecule has 1 aromatic rings. The Balaban J connectivity index is 2.04. The average molecular weight is 317 g/mol. The SMILES string of the molecule is COCCOc1ccc(N=CC2=C(O)CC(C)(C)CC2=O)cc1. The van der Waals surface area contributed by atoms with Crippen LogP contribution in [0.4, 0.5) is 5.69 Å². The van der Waals surface area contributed by atoms with Gasteiger partial charge < -0.3 is 14.6 Å². The van der Waals surface area contributed by atoms with Crippen molar-refractivity contribution < 1.29 is 19.4 Å². The summed E-state index contributed by atoms with van der Waals surface area (Å²) in [4.78, 5) is 16.4. The molecule has 124 valence electrons. The Labute approximate surface area is 136 Å². The molecular weight excluding hydrogens is 294 g/mol. The number of ether oxygens (including phenoxy) is 2. The van der Waals surface area contributed by atoms with Gasteiger partial charge in [-0.2, -0.15) is 0 Å². The summed E-state index contributed by atoms with van der Waals surface area (Å²) in [6.45, 7) is 4.96. The first-order valence-electron chi connectivity index (χ1n) is 7.62. The molecule has 1 N–H and O–H groups in total. The lowest BCUT2D eigenvalue weighted by Gasteiger charge is -2.28. The van der Waals surface area contributed by atoms with E-state index in [2.05, 4.69) is 4.99 Å². The average Bonchev–Trinajstić information content (AvgIpc) is 2.47. The van der Waals surface area contributed by atoms with E-state index in [1.54, 1.807) is 19.2 Å². The van der Waals surface area contributed by atoms with Crippen LogP contribution in [0.25, 0.3) is 0 Å². The van der Waals surface area contributed by atoms with E-state index in [1.807, 2.05) is 26.0 Å². The number of nitrogens with zero attached hydrogens (tertiary/aromatic N) is 1. The fourth-order valence-corrected chi connectivity index (χ4v) is 2.46. The highest BCUT2D eigenvalue weighted by molar-refractivity contribution is 6.14. The summed E-state index contributed by atoms with van der Waals surface area (Å²) in [6, 6.07) is 7.21. The number of ketones is 1. The number of hydrogen-bond donors (Lipinski definition) is 1. The van der Waals surface area contributed by atoms with Crippen LogP contribution in [0, 0.1) is 5.41 Å². The molecule has 0 bridgehead atoms. The van der Waals surface area contributed by atoms with Crippen molar-refractivity contribution in [3.8, 4) is 5.75 Å². The summed E-state index contributed by atoms with van der Waals surface area (Å²) in [5.41, 5.74) is 0.812. The van der Waals surface area contributed by atoms with E-state index < -0.39 is 0 Å². The normalized spacial score (nSPS) is 17.8. The number of aliphatic hydroxyl groups is 1. The standard InChI is InChI=1S/C18H23NO4/c1-18(2)10-16(20)15(17(21)11-18)12-19-13-4-6-14(7-5-13)23-9-8-22-3/h4-7,12,20H,8-11H2,1-3H3. The summed E-state index contributed by atoms with van der Waals surface area (Å²) in [6.07, 6.45) is 2.37. The number of carbonyl (C=O) groups excluding carboxylic acids is 1. The lowest BCUT2D eigenvalue weighted by Crippen LogP contribution is -2.26. The molecule has 2 rings (SSSR count). The molecule has 0 amide bonds. The monoisotopic (exact) mass is 317 g/mol. The molecule has 1 aliphatic carbocycles. The Morgan fingerprint density at radius 1 is 1.22 bits per heavy atom. The Bertz CT molecular complexity index is 614. The van der Waals surface area contributed by atoms with E-state index in [0.717, 1.165) is 5.75 Å². The lowest BCUT2D eigenvalue weighted by molar-refractivity contribution is -0.117. The molecule has 0 atom stereocenters. The number of benzene rings is 1.